The molecule has 7 aromatic rings. The number of hydrogen-bond acceptors (Lipinski definition) is 4. The lowest BCUT2D eigenvalue weighted by Crippen LogP contribution is -2.32. The molecule has 5 aromatic carbocycles. The maximum atomic E-state index is 11.7. The van der Waals surface area contributed by atoms with Crippen molar-refractivity contribution in [2.75, 3.05) is 0 Å². The van der Waals surface area contributed by atoms with Gasteiger partial charge in [0, 0.05) is 17.3 Å². The maximum absolute atomic E-state index is 11.7. The van der Waals surface area contributed by atoms with Crippen molar-refractivity contribution in [3.05, 3.63) is 173 Å². The molecule has 0 aliphatic carbocycles. The molecule has 0 aliphatic rings. The van der Waals surface area contributed by atoms with Gasteiger partial charge in [0.25, 0.3) is 0 Å². The SMILES string of the molecule is CC(C)(C)c1cc(-c2nc3c(-c4cccc(C(c5ccccc5)(c5ccccc5)c5ccccn5)c4)cccc3s2)c(O)c(C(C)(C)C)c1. The van der Waals surface area contributed by atoms with E-state index in [2.05, 4.69) is 169 Å². The average Bonchev–Trinajstić information content (AvgIpc) is 3.54. The van der Waals surface area contributed by atoms with Crippen LogP contribution in [0.15, 0.2) is 140 Å². The molecule has 4 heteroatoms. The summed E-state index contributed by atoms with van der Waals surface area (Å²) in [5.74, 6) is 0.314. The van der Waals surface area contributed by atoms with Crippen molar-refractivity contribution in [2.45, 2.75) is 57.8 Å². The van der Waals surface area contributed by atoms with Crippen molar-refractivity contribution in [1.29, 1.82) is 0 Å². The Hall–Kier alpha value is -5.06. The van der Waals surface area contributed by atoms with Crippen molar-refractivity contribution in [1.82, 2.24) is 9.97 Å². The van der Waals surface area contributed by atoms with E-state index in [-0.39, 0.29) is 10.8 Å². The second-order valence-electron chi connectivity index (χ2n) is 14.9. The first-order chi connectivity index (χ1) is 23.5. The summed E-state index contributed by atoms with van der Waals surface area (Å²) in [4.78, 5) is 10.3. The number of fused-ring (bicyclic) bond motifs is 1. The summed E-state index contributed by atoms with van der Waals surface area (Å²) < 4.78 is 1.08. The van der Waals surface area contributed by atoms with Crippen LogP contribution in [0.25, 0.3) is 31.9 Å². The van der Waals surface area contributed by atoms with Crippen LogP contribution < -0.4 is 0 Å². The first-order valence-corrected chi connectivity index (χ1v) is 17.7. The number of para-hydroxylation sites is 1. The number of aromatic hydroxyl groups is 1. The minimum Gasteiger partial charge on any atom is -0.507 e. The summed E-state index contributed by atoms with van der Waals surface area (Å²) in [5.41, 5.74) is 9.41. The highest BCUT2D eigenvalue weighted by atomic mass is 32.1. The van der Waals surface area contributed by atoms with Gasteiger partial charge in [-0.25, -0.2) is 4.98 Å². The lowest BCUT2D eigenvalue weighted by Gasteiger charge is -2.36. The minimum atomic E-state index is -0.649. The molecule has 1 N–H and O–H groups in total. The van der Waals surface area contributed by atoms with E-state index in [1.165, 1.54) is 5.56 Å². The number of hydrogen-bond donors (Lipinski definition) is 1. The summed E-state index contributed by atoms with van der Waals surface area (Å²) in [7, 11) is 0. The number of aromatic nitrogens is 2. The molecule has 0 bridgehead atoms. The van der Waals surface area contributed by atoms with E-state index in [1.807, 2.05) is 12.3 Å². The first-order valence-electron chi connectivity index (χ1n) is 16.9. The van der Waals surface area contributed by atoms with Gasteiger partial charge in [0.05, 0.1) is 26.9 Å². The van der Waals surface area contributed by atoms with Gasteiger partial charge in [0.15, 0.2) is 0 Å². The number of nitrogens with zero attached hydrogens (tertiary/aromatic N) is 2. The Balaban J connectivity index is 1.45. The van der Waals surface area contributed by atoms with Crippen LogP contribution in [-0.4, -0.2) is 15.1 Å². The second-order valence-corrected chi connectivity index (χ2v) is 15.9. The van der Waals surface area contributed by atoms with E-state index in [0.29, 0.717) is 5.75 Å². The number of benzene rings is 5. The Kier molecular flexibility index (Phi) is 8.24. The van der Waals surface area contributed by atoms with Crippen LogP contribution in [0.1, 0.15) is 75.1 Å². The van der Waals surface area contributed by atoms with Crippen LogP contribution in [0.2, 0.25) is 0 Å². The van der Waals surface area contributed by atoms with Crippen molar-refractivity contribution in [2.24, 2.45) is 0 Å². The number of phenolic OH excluding ortho intramolecular Hbond substituents is 1. The van der Waals surface area contributed by atoms with Crippen LogP contribution in [0.5, 0.6) is 5.75 Å². The molecule has 0 spiro atoms. The topological polar surface area (TPSA) is 46.0 Å². The third-order valence-electron chi connectivity index (χ3n) is 9.50. The van der Waals surface area contributed by atoms with Gasteiger partial charge in [-0.05, 0) is 69.0 Å². The standard InChI is InChI=1S/C45H42N2OS/c1-43(2,3)34-28-36(41(48)37(29-34)44(4,5)6)42-47-40-35(23-16-24-38(40)49-42)30-17-15-22-33(27-30)45(31-18-9-7-10-19-31,32-20-11-8-12-21-32)39-25-13-14-26-46-39/h7-29,48H,1-6H3. The lowest BCUT2D eigenvalue weighted by molar-refractivity contribution is 0.446. The highest BCUT2D eigenvalue weighted by Crippen LogP contribution is 2.47. The largest absolute Gasteiger partial charge is 0.507 e. The molecule has 49 heavy (non-hydrogen) atoms. The van der Waals surface area contributed by atoms with Gasteiger partial charge in [0.1, 0.15) is 10.8 Å². The molecule has 0 saturated carbocycles. The zero-order valence-electron chi connectivity index (χ0n) is 29.0. The van der Waals surface area contributed by atoms with Gasteiger partial charge in [-0.1, -0.05) is 145 Å². The molecule has 0 aliphatic heterocycles. The highest BCUT2D eigenvalue weighted by Gasteiger charge is 2.39. The Bertz CT molecular complexity index is 2150. The molecule has 0 unspecified atom stereocenters. The molecule has 2 heterocycles. The Morgan fingerprint density at radius 2 is 1.18 bits per heavy atom. The fourth-order valence-corrected chi connectivity index (χ4v) is 7.93. The van der Waals surface area contributed by atoms with E-state index >= 15 is 0 Å². The molecule has 7 rings (SSSR count). The second kappa shape index (κ2) is 12.4. The summed E-state index contributed by atoms with van der Waals surface area (Å²) in [6.07, 6.45) is 1.88. The predicted molar refractivity (Wildman–Crippen MR) is 206 cm³/mol. The Morgan fingerprint density at radius 1 is 0.551 bits per heavy atom. The zero-order valence-corrected chi connectivity index (χ0v) is 29.8. The molecule has 0 amide bonds. The molecule has 0 atom stereocenters. The van der Waals surface area contributed by atoms with E-state index in [9.17, 15) is 5.11 Å². The minimum absolute atomic E-state index is 0.0810. The smallest absolute Gasteiger partial charge is 0.129 e. The fraction of sp³-hybridized carbons (Fsp3) is 0.200. The fourth-order valence-electron chi connectivity index (χ4n) is 6.92. The Morgan fingerprint density at radius 3 is 1.80 bits per heavy atom. The molecule has 2 aromatic heterocycles. The normalized spacial score (nSPS) is 12.4. The highest BCUT2D eigenvalue weighted by molar-refractivity contribution is 7.21. The molecule has 244 valence electrons. The van der Waals surface area contributed by atoms with Gasteiger partial charge in [-0.15, -0.1) is 11.3 Å². The quantitative estimate of drug-likeness (QED) is 0.181. The van der Waals surface area contributed by atoms with Crippen LogP contribution in [-0.2, 0) is 16.2 Å². The number of phenols is 1. The molecule has 0 saturated heterocycles. The van der Waals surface area contributed by atoms with Crippen molar-refractivity contribution < 1.29 is 5.11 Å². The number of rotatable bonds is 6. The zero-order chi connectivity index (χ0) is 34.4. The van der Waals surface area contributed by atoms with Crippen molar-refractivity contribution >= 4 is 21.6 Å². The van der Waals surface area contributed by atoms with Crippen molar-refractivity contribution in [3.63, 3.8) is 0 Å². The molecule has 0 fully saturated rings. The van der Waals surface area contributed by atoms with Crippen LogP contribution in [0, 0.1) is 0 Å². The van der Waals surface area contributed by atoms with Gasteiger partial charge < -0.3 is 5.11 Å². The van der Waals surface area contributed by atoms with E-state index in [1.54, 1.807) is 11.3 Å². The van der Waals surface area contributed by atoms with Gasteiger partial charge >= 0.3 is 0 Å². The van der Waals surface area contributed by atoms with E-state index in [0.717, 1.165) is 59.9 Å². The average molecular weight is 659 g/mol. The predicted octanol–water partition coefficient (Wildman–Crippen LogP) is 11.7. The van der Waals surface area contributed by atoms with E-state index in [4.69, 9.17) is 9.97 Å². The van der Waals surface area contributed by atoms with Crippen LogP contribution in [0.4, 0.5) is 0 Å². The van der Waals surface area contributed by atoms with Gasteiger partial charge in [0.2, 0.25) is 0 Å². The number of pyridine rings is 1. The summed E-state index contributed by atoms with van der Waals surface area (Å²) in [6, 6.07) is 47.0. The maximum Gasteiger partial charge on any atom is 0.129 e. The number of thiazole rings is 1. The first kappa shape index (κ1) is 32.5. The van der Waals surface area contributed by atoms with Crippen LogP contribution in [0.3, 0.4) is 0 Å². The van der Waals surface area contributed by atoms with Gasteiger partial charge in [-0.2, -0.15) is 0 Å². The van der Waals surface area contributed by atoms with Gasteiger partial charge in [-0.3, -0.25) is 4.98 Å². The lowest BCUT2D eigenvalue weighted by atomic mass is 9.66. The molecular formula is C45H42N2OS. The Labute approximate surface area is 294 Å². The van der Waals surface area contributed by atoms with Crippen LogP contribution >= 0.6 is 11.3 Å². The third-order valence-corrected chi connectivity index (χ3v) is 10.6. The summed E-state index contributed by atoms with van der Waals surface area (Å²) >= 11 is 1.63. The third kappa shape index (κ3) is 5.85. The summed E-state index contributed by atoms with van der Waals surface area (Å²) in [5, 5.41) is 12.5. The summed E-state index contributed by atoms with van der Waals surface area (Å²) in [6.45, 7) is 13.1. The van der Waals surface area contributed by atoms with Crippen molar-refractivity contribution in [3.8, 4) is 27.4 Å². The van der Waals surface area contributed by atoms with E-state index < -0.39 is 5.41 Å². The molecular weight excluding hydrogens is 617 g/mol. The molecule has 0 radical (unpaired) electrons. The monoisotopic (exact) mass is 658 g/mol. The molecule has 3 nitrogen and oxygen atoms in total.